The van der Waals surface area contributed by atoms with Gasteiger partial charge in [0, 0.05) is 21.1 Å². The van der Waals surface area contributed by atoms with Crippen molar-refractivity contribution >= 4 is 53.7 Å². The summed E-state index contributed by atoms with van der Waals surface area (Å²) in [6.07, 6.45) is 0.898. The normalized spacial score (nSPS) is 15.3. The number of nitrogens with one attached hydrogen (secondary N) is 1. The first kappa shape index (κ1) is 15.3. The van der Waals surface area contributed by atoms with Crippen molar-refractivity contribution in [1.82, 2.24) is 5.32 Å². The van der Waals surface area contributed by atoms with Crippen molar-refractivity contribution in [2.24, 2.45) is 0 Å². The van der Waals surface area contributed by atoms with E-state index < -0.39 is 0 Å². The van der Waals surface area contributed by atoms with E-state index in [0.29, 0.717) is 0 Å². The van der Waals surface area contributed by atoms with E-state index in [1.165, 1.54) is 0 Å². The Hall–Kier alpha value is -0.650. The minimum atomic E-state index is 0.0195. The molecular weight excluding hydrogens is 462 g/mol. The van der Waals surface area contributed by atoms with E-state index in [9.17, 15) is 4.79 Å². The van der Waals surface area contributed by atoms with Gasteiger partial charge in [-0.25, -0.2) is 0 Å². The van der Waals surface area contributed by atoms with Crippen molar-refractivity contribution in [3.05, 3.63) is 67.6 Å². The zero-order valence-electron chi connectivity index (χ0n) is 11.0. The Morgan fingerprint density at radius 3 is 2.71 bits per heavy atom. The number of amides is 1. The second kappa shape index (κ2) is 6.23. The molecule has 108 valence electrons. The van der Waals surface area contributed by atoms with Crippen LogP contribution in [0.15, 0.2) is 45.3 Å². The summed E-state index contributed by atoms with van der Waals surface area (Å²) >= 11 is 10.8. The maximum absolute atomic E-state index is 12.0. The molecule has 1 unspecified atom stereocenters. The van der Waals surface area contributed by atoms with E-state index in [1.807, 2.05) is 18.2 Å². The molecule has 1 atom stereocenters. The number of carbonyl (C=O) groups is 1. The minimum absolute atomic E-state index is 0.0195. The maximum atomic E-state index is 12.0. The second-order valence-corrected chi connectivity index (χ2v) is 7.64. The fraction of sp³-hybridized carbons (Fsp3) is 0.188. The van der Waals surface area contributed by atoms with Crippen LogP contribution in [-0.2, 0) is 6.42 Å². The van der Waals surface area contributed by atoms with E-state index in [4.69, 9.17) is 0 Å². The Kier molecular flexibility index (Phi) is 4.52. The number of benzene rings is 2. The maximum Gasteiger partial charge on any atom is 0.251 e. The van der Waals surface area contributed by atoms with E-state index >= 15 is 0 Å². The molecular formula is C16H12Br3NO. The average Bonchev–Trinajstić information content (AvgIpc) is 2.49. The molecule has 0 aliphatic carbocycles. The smallest absolute Gasteiger partial charge is 0.251 e. The molecule has 0 fully saturated rings. The van der Waals surface area contributed by atoms with Crippen molar-refractivity contribution in [2.45, 2.75) is 11.2 Å². The second-order valence-electron chi connectivity index (χ2n) is 4.95. The molecule has 21 heavy (non-hydrogen) atoms. The fourth-order valence-electron chi connectivity index (χ4n) is 2.48. The van der Waals surface area contributed by atoms with Gasteiger partial charge < -0.3 is 5.32 Å². The van der Waals surface area contributed by atoms with Crippen LogP contribution in [0.1, 0.15) is 31.9 Å². The summed E-state index contributed by atoms with van der Waals surface area (Å²) in [6.45, 7) is 0.722. The summed E-state index contributed by atoms with van der Waals surface area (Å²) < 4.78 is 2.07. The molecule has 1 N–H and O–H groups in total. The SMILES string of the molecule is O=C1NCCc2ccc(C(Br)c3cc(Br)ccc3Br)cc21. The standard InChI is InChI=1S/C16H12Br3NO/c17-11-3-4-14(18)13(8-11)15(19)10-2-1-9-5-6-20-16(21)12(9)7-10/h1-4,7-8,15H,5-6H2,(H,20,21). The summed E-state index contributed by atoms with van der Waals surface area (Å²) in [5.74, 6) is 0.0195. The predicted octanol–water partition coefficient (Wildman–Crippen LogP) is 4.98. The highest BCUT2D eigenvalue weighted by Crippen LogP contribution is 2.37. The number of rotatable bonds is 2. The van der Waals surface area contributed by atoms with Gasteiger partial charge in [-0.05, 0) is 47.4 Å². The highest BCUT2D eigenvalue weighted by Gasteiger charge is 2.20. The Morgan fingerprint density at radius 1 is 1.10 bits per heavy atom. The molecule has 3 rings (SSSR count). The van der Waals surface area contributed by atoms with Gasteiger partial charge in [0.2, 0.25) is 0 Å². The molecule has 1 heterocycles. The van der Waals surface area contributed by atoms with E-state index in [-0.39, 0.29) is 10.7 Å². The van der Waals surface area contributed by atoms with Crippen molar-refractivity contribution in [2.75, 3.05) is 6.54 Å². The van der Waals surface area contributed by atoms with Crippen molar-refractivity contribution < 1.29 is 4.79 Å². The molecule has 0 saturated heterocycles. The number of halogens is 3. The van der Waals surface area contributed by atoms with Gasteiger partial charge in [-0.2, -0.15) is 0 Å². The zero-order valence-corrected chi connectivity index (χ0v) is 15.8. The number of alkyl halides is 1. The van der Waals surface area contributed by atoms with Crippen molar-refractivity contribution in [3.63, 3.8) is 0 Å². The van der Waals surface area contributed by atoms with Gasteiger partial charge in [-0.3, -0.25) is 4.79 Å². The molecule has 0 bridgehead atoms. The summed E-state index contributed by atoms with van der Waals surface area (Å²) in [5.41, 5.74) is 4.11. The fourth-order valence-corrected chi connectivity index (χ4v) is 4.30. The molecule has 5 heteroatoms. The Balaban J connectivity index is 2.02. The quantitative estimate of drug-likeness (QED) is 0.612. The summed E-state index contributed by atoms with van der Waals surface area (Å²) in [4.78, 5) is 12.0. The van der Waals surface area contributed by atoms with Crippen LogP contribution in [0.5, 0.6) is 0 Å². The average molecular weight is 474 g/mol. The number of hydrogen-bond acceptors (Lipinski definition) is 1. The van der Waals surface area contributed by atoms with E-state index in [1.54, 1.807) is 0 Å². The van der Waals surface area contributed by atoms with Crippen molar-refractivity contribution in [3.8, 4) is 0 Å². The van der Waals surface area contributed by atoms with Gasteiger partial charge in [0.25, 0.3) is 5.91 Å². The Morgan fingerprint density at radius 2 is 1.90 bits per heavy atom. The lowest BCUT2D eigenvalue weighted by molar-refractivity contribution is 0.0946. The molecule has 1 aliphatic rings. The lowest BCUT2D eigenvalue weighted by Crippen LogP contribution is -2.31. The van der Waals surface area contributed by atoms with Crippen LogP contribution < -0.4 is 5.32 Å². The monoisotopic (exact) mass is 471 g/mol. The lowest BCUT2D eigenvalue weighted by atomic mass is 9.95. The highest BCUT2D eigenvalue weighted by atomic mass is 79.9. The van der Waals surface area contributed by atoms with Crippen LogP contribution >= 0.6 is 47.8 Å². The first-order valence-electron chi connectivity index (χ1n) is 6.56. The van der Waals surface area contributed by atoms with E-state index in [2.05, 4.69) is 71.3 Å². The van der Waals surface area contributed by atoms with E-state index in [0.717, 1.165) is 44.2 Å². The van der Waals surface area contributed by atoms with Gasteiger partial charge >= 0.3 is 0 Å². The number of carbonyl (C=O) groups excluding carboxylic acids is 1. The third kappa shape index (κ3) is 3.10. The van der Waals surface area contributed by atoms with Crippen LogP contribution in [0.4, 0.5) is 0 Å². The molecule has 0 spiro atoms. The van der Waals surface area contributed by atoms with Gasteiger partial charge in [-0.15, -0.1) is 0 Å². The minimum Gasteiger partial charge on any atom is -0.352 e. The molecule has 1 aliphatic heterocycles. The molecule has 0 radical (unpaired) electrons. The highest BCUT2D eigenvalue weighted by molar-refractivity contribution is 9.11. The number of hydrogen-bond donors (Lipinski definition) is 1. The summed E-state index contributed by atoms with van der Waals surface area (Å²) in [6, 6.07) is 12.2. The topological polar surface area (TPSA) is 29.1 Å². The first-order chi connectivity index (χ1) is 10.1. The van der Waals surface area contributed by atoms with Gasteiger partial charge in [0.15, 0.2) is 0 Å². The zero-order chi connectivity index (χ0) is 15.0. The predicted molar refractivity (Wildman–Crippen MR) is 95.1 cm³/mol. The van der Waals surface area contributed by atoms with Gasteiger partial charge in [0.1, 0.15) is 0 Å². The molecule has 2 aromatic carbocycles. The summed E-state index contributed by atoms with van der Waals surface area (Å²) in [7, 11) is 0. The van der Waals surface area contributed by atoms with Crippen molar-refractivity contribution in [1.29, 1.82) is 0 Å². The molecule has 0 saturated carbocycles. The van der Waals surface area contributed by atoms with Crippen LogP contribution in [0.2, 0.25) is 0 Å². The molecule has 1 amide bonds. The van der Waals surface area contributed by atoms with Crippen LogP contribution in [0.25, 0.3) is 0 Å². The summed E-state index contributed by atoms with van der Waals surface area (Å²) in [5, 5.41) is 2.89. The third-order valence-electron chi connectivity index (χ3n) is 3.58. The van der Waals surface area contributed by atoms with Gasteiger partial charge in [-0.1, -0.05) is 59.9 Å². The molecule has 2 nitrogen and oxygen atoms in total. The van der Waals surface area contributed by atoms with Crippen LogP contribution in [-0.4, -0.2) is 12.5 Å². The molecule has 2 aromatic rings. The van der Waals surface area contributed by atoms with Gasteiger partial charge in [0.05, 0.1) is 4.83 Å². The first-order valence-corrected chi connectivity index (χ1v) is 9.06. The third-order valence-corrected chi connectivity index (χ3v) is 5.82. The Bertz CT molecular complexity index is 715. The Labute approximate surface area is 148 Å². The lowest BCUT2D eigenvalue weighted by Gasteiger charge is -2.19. The van der Waals surface area contributed by atoms with Crippen LogP contribution in [0, 0.1) is 0 Å². The largest absolute Gasteiger partial charge is 0.352 e. The number of fused-ring (bicyclic) bond motifs is 1. The molecule has 0 aromatic heterocycles. The van der Waals surface area contributed by atoms with Crippen LogP contribution in [0.3, 0.4) is 0 Å².